The molecule has 35 heavy (non-hydrogen) atoms. The second kappa shape index (κ2) is 9.21. The highest BCUT2D eigenvalue weighted by molar-refractivity contribution is 9.10. The van der Waals surface area contributed by atoms with Crippen LogP contribution in [-0.4, -0.2) is 52.9 Å². The van der Waals surface area contributed by atoms with Gasteiger partial charge in [0.25, 0.3) is 0 Å². The van der Waals surface area contributed by atoms with Gasteiger partial charge in [0.2, 0.25) is 11.8 Å². The number of carbonyl (C=O) groups is 2. The topological polar surface area (TPSA) is 61.9 Å². The summed E-state index contributed by atoms with van der Waals surface area (Å²) in [4.78, 5) is 31.5. The first-order valence-electron chi connectivity index (χ1n) is 12.2. The van der Waals surface area contributed by atoms with Gasteiger partial charge in [-0.3, -0.25) is 14.5 Å². The second-order valence-corrected chi connectivity index (χ2v) is 11.1. The fraction of sp³-hybridized carbons (Fsp3) is 0.481. The minimum Gasteiger partial charge on any atom is -0.494 e. The van der Waals surface area contributed by atoms with Crippen LogP contribution in [0, 0.1) is 17.7 Å². The van der Waals surface area contributed by atoms with Gasteiger partial charge in [-0.25, -0.2) is 4.39 Å². The largest absolute Gasteiger partial charge is 0.494 e. The average Bonchev–Trinajstić information content (AvgIpc) is 3.43. The van der Waals surface area contributed by atoms with E-state index in [0.717, 1.165) is 28.4 Å². The van der Waals surface area contributed by atoms with Crippen LogP contribution >= 0.6 is 15.9 Å². The van der Waals surface area contributed by atoms with Gasteiger partial charge in [-0.1, -0.05) is 34.1 Å². The van der Waals surface area contributed by atoms with Crippen molar-refractivity contribution in [2.75, 3.05) is 13.7 Å². The number of nitrogens with one attached hydrogen (secondary N) is 1. The van der Waals surface area contributed by atoms with Gasteiger partial charge < -0.3 is 15.0 Å². The third kappa shape index (κ3) is 4.04. The third-order valence-corrected chi connectivity index (χ3v) is 8.59. The van der Waals surface area contributed by atoms with E-state index in [1.165, 1.54) is 13.2 Å². The van der Waals surface area contributed by atoms with Crippen LogP contribution in [0.15, 0.2) is 46.9 Å². The highest BCUT2D eigenvalue weighted by atomic mass is 79.9. The maximum atomic E-state index is 14.0. The Bertz CT molecular complexity index is 1140. The molecule has 0 aliphatic carbocycles. The summed E-state index contributed by atoms with van der Waals surface area (Å²) >= 11 is 3.44. The van der Waals surface area contributed by atoms with Crippen molar-refractivity contribution in [1.82, 2.24) is 15.1 Å². The number of benzene rings is 2. The molecule has 5 rings (SSSR count). The smallest absolute Gasteiger partial charge is 0.228 e. The number of nitrogens with zero attached hydrogens (tertiary/aromatic N) is 2. The lowest BCUT2D eigenvalue weighted by Gasteiger charge is -2.35. The number of rotatable bonds is 7. The van der Waals surface area contributed by atoms with Gasteiger partial charge >= 0.3 is 0 Å². The van der Waals surface area contributed by atoms with Crippen LogP contribution in [0.2, 0.25) is 0 Å². The van der Waals surface area contributed by atoms with Crippen molar-refractivity contribution in [2.24, 2.45) is 11.8 Å². The second-order valence-electron chi connectivity index (χ2n) is 10.2. The molecule has 2 aromatic rings. The van der Waals surface area contributed by atoms with Crippen LogP contribution in [0.3, 0.4) is 0 Å². The van der Waals surface area contributed by atoms with Crippen LogP contribution in [0.4, 0.5) is 4.39 Å². The zero-order valence-electron chi connectivity index (χ0n) is 20.3. The Kier molecular flexibility index (Phi) is 6.38. The Morgan fingerprint density at radius 3 is 2.63 bits per heavy atom. The highest BCUT2D eigenvalue weighted by Crippen LogP contribution is 2.58. The van der Waals surface area contributed by atoms with Gasteiger partial charge in [-0.05, 0) is 62.1 Å². The van der Waals surface area contributed by atoms with Crippen molar-refractivity contribution in [3.05, 3.63) is 63.9 Å². The van der Waals surface area contributed by atoms with Crippen molar-refractivity contribution in [3.8, 4) is 5.75 Å². The monoisotopic (exact) mass is 543 g/mol. The summed E-state index contributed by atoms with van der Waals surface area (Å²) in [6.07, 6.45) is 1.75. The number of amides is 2. The number of carbonyl (C=O) groups excluding carboxylic acids is 2. The third-order valence-electron chi connectivity index (χ3n) is 8.07. The van der Waals surface area contributed by atoms with Crippen molar-refractivity contribution >= 4 is 27.7 Å². The molecule has 2 bridgehead atoms. The number of halogens is 2. The summed E-state index contributed by atoms with van der Waals surface area (Å²) in [5.74, 6) is -0.950. The molecule has 0 saturated carbocycles. The van der Waals surface area contributed by atoms with E-state index in [2.05, 4.69) is 26.1 Å². The molecule has 6 nitrogen and oxygen atoms in total. The van der Waals surface area contributed by atoms with E-state index >= 15 is 0 Å². The summed E-state index contributed by atoms with van der Waals surface area (Å²) in [5, 5.41) is 3.11. The lowest BCUT2D eigenvalue weighted by atomic mass is 9.72. The van der Waals surface area contributed by atoms with Crippen LogP contribution < -0.4 is 10.1 Å². The first-order chi connectivity index (χ1) is 16.7. The highest BCUT2D eigenvalue weighted by Gasteiger charge is 2.71. The lowest BCUT2D eigenvalue weighted by Crippen LogP contribution is -2.47. The first-order valence-corrected chi connectivity index (χ1v) is 13.0. The SMILES string of the molecule is COc1cc(CN2[C@@H]3CC[C@]24CN(C(C)C)C(=O)[C@@H]4[C@H]3C(=O)NCc2ccc(Br)cc2)ccc1F. The van der Waals surface area contributed by atoms with Crippen molar-refractivity contribution in [3.63, 3.8) is 0 Å². The number of methoxy groups -OCH3 is 1. The van der Waals surface area contributed by atoms with Crippen molar-refractivity contribution < 1.29 is 18.7 Å². The molecule has 3 heterocycles. The molecule has 0 unspecified atom stereocenters. The molecule has 3 fully saturated rings. The van der Waals surface area contributed by atoms with Gasteiger partial charge in [-0.2, -0.15) is 0 Å². The van der Waals surface area contributed by atoms with Gasteiger partial charge in [0.15, 0.2) is 11.6 Å². The zero-order chi connectivity index (χ0) is 24.9. The molecule has 186 valence electrons. The van der Waals surface area contributed by atoms with E-state index in [1.54, 1.807) is 12.1 Å². The molecule has 0 radical (unpaired) electrons. The Morgan fingerprint density at radius 2 is 1.94 bits per heavy atom. The average molecular weight is 544 g/mol. The number of likely N-dealkylation sites (tertiary alicyclic amines) is 1. The summed E-state index contributed by atoms with van der Waals surface area (Å²) in [5.41, 5.74) is 1.55. The summed E-state index contributed by atoms with van der Waals surface area (Å²) in [6, 6.07) is 12.8. The van der Waals surface area contributed by atoms with Gasteiger partial charge in [0, 0.05) is 36.2 Å². The maximum Gasteiger partial charge on any atom is 0.228 e. The Labute approximate surface area is 213 Å². The van der Waals surface area contributed by atoms with Crippen LogP contribution in [-0.2, 0) is 22.7 Å². The van der Waals surface area contributed by atoms with E-state index in [1.807, 2.05) is 43.0 Å². The molecule has 1 N–H and O–H groups in total. The molecule has 3 aliphatic heterocycles. The molecule has 1 spiro atoms. The van der Waals surface area contributed by atoms with Crippen molar-refractivity contribution in [2.45, 2.75) is 57.4 Å². The van der Waals surface area contributed by atoms with Gasteiger partial charge in [0.05, 0.1) is 24.5 Å². The van der Waals surface area contributed by atoms with E-state index in [4.69, 9.17) is 4.74 Å². The quantitative estimate of drug-likeness (QED) is 0.570. The fourth-order valence-electron chi connectivity index (χ4n) is 6.44. The molecular weight excluding hydrogens is 513 g/mol. The number of hydrogen-bond donors (Lipinski definition) is 1. The molecule has 4 atom stereocenters. The molecule has 2 amide bonds. The Morgan fingerprint density at radius 1 is 1.23 bits per heavy atom. The summed E-state index contributed by atoms with van der Waals surface area (Å²) < 4.78 is 20.2. The first kappa shape index (κ1) is 24.3. The number of fused-ring (bicyclic) bond motifs is 1. The molecule has 2 aromatic carbocycles. The van der Waals surface area contributed by atoms with Gasteiger partial charge in [-0.15, -0.1) is 0 Å². The molecule has 8 heteroatoms. The Hall–Kier alpha value is -2.45. The number of hydrogen-bond acceptors (Lipinski definition) is 4. The summed E-state index contributed by atoms with van der Waals surface area (Å²) in [6.45, 7) is 5.65. The van der Waals surface area contributed by atoms with E-state index < -0.39 is 11.7 Å². The van der Waals surface area contributed by atoms with E-state index in [-0.39, 0.29) is 41.1 Å². The predicted molar refractivity (Wildman–Crippen MR) is 134 cm³/mol. The molecular formula is C27H31BrFN3O3. The Balaban J connectivity index is 1.43. The summed E-state index contributed by atoms with van der Waals surface area (Å²) in [7, 11) is 1.46. The normalized spacial score (nSPS) is 27.5. The van der Waals surface area contributed by atoms with Gasteiger partial charge in [0.1, 0.15) is 0 Å². The zero-order valence-corrected chi connectivity index (χ0v) is 21.8. The van der Waals surface area contributed by atoms with Crippen molar-refractivity contribution in [1.29, 1.82) is 0 Å². The van der Waals surface area contributed by atoms with Crippen LogP contribution in [0.1, 0.15) is 37.8 Å². The minimum atomic E-state index is -0.405. The van der Waals surface area contributed by atoms with Crippen LogP contribution in [0.25, 0.3) is 0 Å². The maximum absolute atomic E-state index is 14.0. The molecule has 3 aliphatic rings. The van der Waals surface area contributed by atoms with E-state index in [0.29, 0.717) is 19.6 Å². The predicted octanol–water partition coefficient (Wildman–Crippen LogP) is 4.11. The fourth-order valence-corrected chi connectivity index (χ4v) is 6.71. The lowest BCUT2D eigenvalue weighted by molar-refractivity contribution is -0.139. The number of ether oxygens (including phenoxy) is 1. The van der Waals surface area contributed by atoms with Crippen LogP contribution in [0.5, 0.6) is 5.75 Å². The minimum absolute atomic E-state index is 0.0285. The molecule has 0 aromatic heterocycles. The molecule has 3 saturated heterocycles. The standard InChI is InChI=1S/C27H31BrFN3O3/c1-16(2)31-15-27-11-10-21(32(27)14-18-6-9-20(29)22(12-18)35-3)23(24(27)26(31)34)25(33)30-13-17-4-7-19(28)8-5-17/h4-9,12,16,21,23-24H,10-11,13-15H2,1-3H3,(H,30,33)/t21-,23+,24+,27-/m1/s1. The van der Waals surface area contributed by atoms with E-state index in [9.17, 15) is 14.0 Å².